The smallest absolute Gasteiger partial charge is 0.332 e. The fraction of sp³-hybridized carbons (Fsp3) is 0.619. The number of aliphatic carboxylic acids is 1. The third-order valence-electron chi connectivity index (χ3n) is 5.01. The maximum absolute atomic E-state index is 11.9. The first kappa shape index (κ1) is 22.5. The predicted octanol–water partition coefficient (Wildman–Crippen LogP) is 1.61. The summed E-state index contributed by atoms with van der Waals surface area (Å²) in [5.41, 5.74) is 1.07. The van der Waals surface area contributed by atoms with Gasteiger partial charge >= 0.3 is 5.97 Å². The van der Waals surface area contributed by atoms with Crippen LogP contribution in [0.3, 0.4) is 0 Å². The summed E-state index contributed by atoms with van der Waals surface area (Å²) in [7, 11) is 0. The third-order valence-corrected chi connectivity index (χ3v) is 5.01. The number of hydrogen-bond donors (Lipinski definition) is 2. The van der Waals surface area contributed by atoms with Gasteiger partial charge in [0.2, 0.25) is 12.2 Å². The van der Waals surface area contributed by atoms with Crippen molar-refractivity contribution in [3.05, 3.63) is 29.8 Å². The molecule has 30 heavy (non-hydrogen) atoms. The molecule has 1 aromatic rings. The maximum Gasteiger partial charge on any atom is 0.332 e. The third kappa shape index (κ3) is 5.28. The quantitative estimate of drug-likeness (QED) is 0.710. The molecule has 2 saturated heterocycles. The van der Waals surface area contributed by atoms with Gasteiger partial charge in [-0.25, -0.2) is 4.79 Å². The van der Waals surface area contributed by atoms with Crippen LogP contribution in [0.2, 0.25) is 0 Å². The summed E-state index contributed by atoms with van der Waals surface area (Å²) in [6.45, 7) is 8.46. The van der Waals surface area contributed by atoms with Crippen LogP contribution in [0.1, 0.15) is 33.3 Å². The Morgan fingerprint density at radius 3 is 2.53 bits per heavy atom. The molecule has 2 aliphatic heterocycles. The maximum atomic E-state index is 11.9. The number of amides is 1. The zero-order valence-electron chi connectivity index (χ0n) is 17.8. The van der Waals surface area contributed by atoms with Gasteiger partial charge in [0.1, 0.15) is 30.1 Å². The van der Waals surface area contributed by atoms with Gasteiger partial charge in [0.25, 0.3) is 0 Å². The van der Waals surface area contributed by atoms with E-state index in [0.29, 0.717) is 5.75 Å². The first-order valence-electron chi connectivity index (χ1n) is 9.91. The van der Waals surface area contributed by atoms with Gasteiger partial charge in [0, 0.05) is 6.92 Å². The number of carboxylic acids is 1. The molecular formula is C21H29NO8. The minimum atomic E-state index is -1.13. The van der Waals surface area contributed by atoms with Crippen LogP contribution < -0.4 is 10.1 Å². The van der Waals surface area contributed by atoms with Crippen LogP contribution in [0.5, 0.6) is 5.75 Å². The van der Waals surface area contributed by atoms with E-state index in [1.807, 2.05) is 19.1 Å². The average molecular weight is 423 g/mol. The summed E-state index contributed by atoms with van der Waals surface area (Å²) in [5, 5.41) is 12.2. The van der Waals surface area contributed by atoms with Gasteiger partial charge in [0.05, 0.1) is 6.61 Å². The number of carboxylic acid groups (broad SMARTS) is 1. The first-order valence-corrected chi connectivity index (χ1v) is 9.91. The highest BCUT2D eigenvalue weighted by atomic mass is 16.8. The summed E-state index contributed by atoms with van der Waals surface area (Å²) in [4.78, 5) is 23.4. The molecule has 2 fully saturated rings. The number of hydrogen-bond acceptors (Lipinski definition) is 7. The molecule has 166 valence electrons. The Labute approximate surface area is 175 Å². The van der Waals surface area contributed by atoms with Crippen LogP contribution in [-0.2, 0) is 28.5 Å². The van der Waals surface area contributed by atoms with E-state index in [1.54, 1.807) is 26.0 Å². The number of aryl methyl sites for hydroxylation is 1. The lowest BCUT2D eigenvalue weighted by Crippen LogP contribution is -2.70. The Kier molecular flexibility index (Phi) is 6.66. The second kappa shape index (κ2) is 8.89. The number of benzene rings is 1. The van der Waals surface area contributed by atoms with E-state index in [-0.39, 0.29) is 12.5 Å². The standard InChI is InChI=1S/C21H29NO8/c1-11-6-8-14(9-7-11)28-20-16(22-13(3)23)18(27-12(2)19(24)25)17-15(29-20)10-26-21(4,5)30-17/h6-9,12,15-18,20H,10H2,1-5H3,(H,22,23)(H,24,25). The Balaban J connectivity index is 1.92. The summed E-state index contributed by atoms with van der Waals surface area (Å²) < 4.78 is 29.7. The number of fused-ring (bicyclic) bond motifs is 1. The lowest BCUT2D eigenvalue weighted by molar-refractivity contribution is -0.366. The molecule has 0 spiro atoms. The predicted molar refractivity (Wildman–Crippen MR) is 105 cm³/mol. The molecule has 1 aromatic carbocycles. The first-order chi connectivity index (χ1) is 14.1. The van der Waals surface area contributed by atoms with Crippen molar-refractivity contribution in [3.63, 3.8) is 0 Å². The molecular weight excluding hydrogens is 394 g/mol. The number of carbonyl (C=O) groups excluding carboxylic acids is 1. The number of nitrogens with one attached hydrogen (secondary N) is 1. The molecule has 0 saturated carbocycles. The average Bonchev–Trinajstić information content (AvgIpc) is 2.65. The summed E-state index contributed by atoms with van der Waals surface area (Å²) in [6.07, 6.45) is -4.12. The van der Waals surface area contributed by atoms with Crippen molar-refractivity contribution in [2.45, 2.75) is 77.2 Å². The lowest BCUT2D eigenvalue weighted by atomic mass is 9.94. The largest absolute Gasteiger partial charge is 0.479 e. The summed E-state index contributed by atoms with van der Waals surface area (Å²) >= 11 is 0. The van der Waals surface area contributed by atoms with Gasteiger partial charge in [-0.1, -0.05) is 17.7 Å². The van der Waals surface area contributed by atoms with Crippen LogP contribution in [0.4, 0.5) is 0 Å². The molecule has 0 bridgehead atoms. The number of ether oxygens (including phenoxy) is 5. The fourth-order valence-corrected chi connectivity index (χ4v) is 3.52. The van der Waals surface area contributed by atoms with E-state index >= 15 is 0 Å². The van der Waals surface area contributed by atoms with Crippen LogP contribution in [0.15, 0.2) is 24.3 Å². The van der Waals surface area contributed by atoms with Crippen LogP contribution in [0.25, 0.3) is 0 Å². The molecule has 3 rings (SSSR count). The van der Waals surface area contributed by atoms with Gasteiger partial charge in [-0.2, -0.15) is 0 Å². The highest BCUT2D eigenvalue weighted by Crippen LogP contribution is 2.35. The molecule has 9 nitrogen and oxygen atoms in total. The van der Waals surface area contributed by atoms with Crippen molar-refractivity contribution in [3.8, 4) is 5.75 Å². The Bertz CT molecular complexity index is 765. The molecule has 2 heterocycles. The molecule has 6 atom stereocenters. The zero-order valence-corrected chi connectivity index (χ0v) is 17.8. The molecule has 1 amide bonds. The molecule has 0 radical (unpaired) electrons. The van der Waals surface area contributed by atoms with E-state index in [2.05, 4.69) is 5.32 Å². The Morgan fingerprint density at radius 2 is 1.93 bits per heavy atom. The van der Waals surface area contributed by atoms with E-state index in [0.717, 1.165) is 5.56 Å². The molecule has 6 unspecified atom stereocenters. The highest BCUT2D eigenvalue weighted by molar-refractivity contribution is 5.73. The van der Waals surface area contributed by atoms with Crippen molar-refractivity contribution in [1.29, 1.82) is 0 Å². The van der Waals surface area contributed by atoms with Crippen molar-refractivity contribution >= 4 is 11.9 Å². The minimum Gasteiger partial charge on any atom is -0.479 e. The molecule has 9 heteroatoms. The number of rotatable bonds is 6. The normalized spacial score (nSPS) is 31.3. The highest BCUT2D eigenvalue weighted by Gasteiger charge is 2.54. The second-order valence-electron chi connectivity index (χ2n) is 8.07. The minimum absolute atomic E-state index is 0.208. The lowest BCUT2D eigenvalue weighted by Gasteiger charge is -2.51. The van der Waals surface area contributed by atoms with Crippen LogP contribution in [0, 0.1) is 6.92 Å². The van der Waals surface area contributed by atoms with E-state index in [1.165, 1.54) is 13.8 Å². The van der Waals surface area contributed by atoms with Gasteiger partial charge in [-0.05, 0) is 39.8 Å². The fourth-order valence-electron chi connectivity index (χ4n) is 3.52. The monoisotopic (exact) mass is 423 g/mol. The number of carbonyl (C=O) groups is 2. The van der Waals surface area contributed by atoms with E-state index in [4.69, 9.17) is 23.7 Å². The van der Waals surface area contributed by atoms with E-state index in [9.17, 15) is 14.7 Å². The molecule has 2 N–H and O–H groups in total. The van der Waals surface area contributed by atoms with Crippen LogP contribution in [-0.4, -0.2) is 66.1 Å². The Morgan fingerprint density at radius 1 is 1.27 bits per heavy atom. The second-order valence-corrected chi connectivity index (χ2v) is 8.07. The van der Waals surface area contributed by atoms with E-state index < -0.39 is 48.5 Å². The van der Waals surface area contributed by atoms with Crippen LogP contribution >= 0.6 is 0 Å². The van der Waals surface area contributed by atoms with Crippen molar-refractivity contribution in [1.82, 2.24) is 5.32 Å². The van der Waals surface area contributed by atoms with Gasteiger partial charge in [-0.3, -0.25) is 4.79 Å². The summed E-state index contributed by atoms with van der Waals surface area (Å²) in [6, 6.07) is 6.57. The zero-order chi connectivity index (χ0) is 22.1. The Hall–Kier alpha value is -2.20. The van der Waals surface area contributed by atoms with Gasteiger partial charge in [0.15, 0.2) is 11.9 Å². The SMILES string of the molecule is CC(=O)NC1C(Oc2ccc(C)cc2)OC2COC(C)(C)OC2C1OC(C)C(=O)O. The molecule has 0 aliphatic carbocycles. The van der Waals surface area contributed by atoms with Crippen molar-refractivity contribution in [2.24, 2.45) is 0 Å². The van der Waals surface area contributed by atoms with Gasteiger partial charge in [-0.15, -0.1) is 0 Å². The molecule has 2 aliphatic rings. The van der Waals surface area contributed by atoms with Crippen molar-refractivity contribution in [2.75, 3.05) is 6.61 Å². The van der Waals surface area contributed by atoms with Crippen molar-refractivity contribution < 1.29 is 38.4 Å². The molecule has 0 aromatic heterocycles. The summed E-state index contributed by atoms with van der Waals surface area (Å²) in [5.74, 6) is -1.82. The topological polar surface area (TPSA) is 113 Å². The van der Waals surface area contributed by atoms with Gasteiger partial charge < -0.3 is 34.1 Å².